The Hall–Kier alpha value is -0.980. The minimum absolute atomic E-state index is 0.0173. The van der Waals surface area contributed by atoms with E-state index in [1.165, 1.54) is 12.1 Å². The number of benzene rings is 1. The summed E-state index contributed by atoms with van der Waals surface area (Å²) in [6.07, 6.45) is 0. The second-order valence-corrected chi connectivity index (χ2v) is 5.27. The molecule has 1 N–H and O–H groups in total. The Labute approximate surface area is 116 Å². The molecule has 0 atom stereocenters. The molecule has 100 valence electrons. The third-order valence-electron chi connectivity index (χ3n) is 1.89. The number of thiol groups is 1. The Bertz CT molecular complexity index is 512. The maximum Gasteiger partial charge on any atom is 0.313 e. The van der Waals surface area contributed by atoms with E-state index >= 15 is 0 Å². The molecule has 0 heterocycles. The lowest BCUT2D eigenvalue weighted by Gasteiger charge is -2.11. The van der Waals surface area contributed by atoms with Crippen molar-refractivity contribution in [1.82, 2.24) is 0 Å². The number of carbonyl (C=O) groups is 1. The lowest BCUT2D eigenvalue weighted by atomic mass is 10.2. The topological polar surface area (TPSA) is 72.5 Å². The van der Waals surface area contributed by atoms with Crippen molar-refractivity contribution < 1.29 is 17.9 Å². The molecule has 0 saturated carbocycles. The second kappa shape index (κ2) is 6.26. The van der Waals surface area contributed by atoms with Crippen LogP contribution in [0.25, 0.3) is 0 Å². The van der Waals surface area contributed by atoms with E-state index < -0.39 is 16.9 Å². The monoisotopic (exact) mass is 311 g/mol. The fourth-order valence-corrected chi connectivity index (χ4v) is 1.95. The molecule has 1 rings (SSSR count). The highest BCUT2D eigenvalue weighted by Crippen LogP contribution is 2.36. The molecule has 8 heteroatoms. The van der Waals surface area contributed by atoms with Crippen LogP contribution >= 0.6 is 23.2 Å². The third-order valence-corrected chi connectivity index (χ3v) is 2.90. The molecule has 0 spiro atoms. The largest absolute Gasteiger partial charge is 0.423 e. The molecule has 0 aliphatic rings. The first-order valence-electron chi connectivity index (χ1n) is 4.93. The van der Waals surface area contributed by atoms with Gasteiger partial charge in [0, 0.05) is 0 Å². The molecule has 0 fully saturated rings. The fourth-order valence-electron chi connectivity index (χ4n) is 1.05. The van der Waals surface area contributed by atoms with E-state index in [0.29, 0.717) is 0 Å². The van der Waals surface area contributed by atoms with Gasteiger partial charge in [-0.3, -0.25) is 9.52 Å². The van der Waals surface area contributed by atoms with Gasteiger partial charge in [0.05, 0.1) is 21.7 Å². The number of hydrogen-bond acceptors (Lipinski definition) is 4. The molecule has 0 saturated heterocycles. The van der Waals surface area contributed by atoms with Gasteiger partial charge < -0.3 is 4.74 Å². The van der Waals surface area contributed by atoms with Crippen LogP contribution in [0.2, 0.25) is 10.0 Å². The molecule has 0 aliphatic heterocycles. The van der Waals surface area contributed by atoms with Crippen molar-refractivity contribution in [3.05, 3.63) is 22.2 Å². The standard InChI is InChI=1S/C10H11Cl2NO4S/c1-5(2)10(14)17-9-7(11)3-6(4-8(9)12)13-18(15)16/h3-5,18H,1-2H3,(H,13,15,16). The third kappa shape index (κ3) is 4.04. The fraction of sp³-hybridized carbons (Fsp3) is 0.300. The highest BCUT2D eigenvalue weighted by molar-refractivity contribution is 7.73. The Balaban J connectivity index is 3.05. The average Bonchev–Trinajstić information content (AvgIpc) is 2.21. The minimum atomic E-state index is -2.81. The van der Waals surface area contributed by atoms with Gasteiger partial charge in [-0.25, -0.2) is 8.42 Å². The first-order chi connectivity index (χ1) is 8.31. The van der Waals surface area contributed by atoms with E-state index in [4.69, 9.17) is 27.9 Å². The predicted octanol–water partition coefficient (Wildman–Crippen LogP) is 2.49. The molecular weight excluding hydrogens is 301 g/mol. The highest BCUT2D eigenvalue weighted by Gasteiger charge is 2.16. The molecular formula is C10H11Cl2NO4S. The zero-order chi connectivity index (χ0) is 13.9. The van der Waals surface area contributed by atoms with E-state index in [1.807, 2.05) is 0 Å². The Kier molecular flexibility index (Phi) is 5.25. The number of rotatable bonds is 4. The summed E-state index contributed by atoms with van der Waals surface area (Å²) in [5, 5.41) is 0.103. The van der Waals surface area contributed by atoms with Gasteiger partial charge in [-0.2, -0.15) is 0 Å². The van der Waals surface area contributed by atoms with Gasteiger partial charge in [0.25, 0.3) is 0 Å². The van der Waals surface area contributed by atoms with E-state index in [0.717, 1.165) is 0 Å². The second-order valence-electron chi connectivity index (χ2n) is 3.71. The molecule has 18 heavy (non-hydrogen) atoms. The first-order valence-corrected chi connectivity index (χ1v) is 6.86. The molecule has 1 aromatic rings. The number of halogens is 2. The Morgan fingerprint density at radius 3 is 2.17 bits per heavy atom. The number of hydrogen-bond donors (Lipinski definition) is 2. The van der Waals surface area contributed by atoms with Crippen LogP contribution in [0.3, 0.4) is 0 Å². The lowest BCUT2D eigenvalue weighted by Crippen LogP contribution is -2.15. The summed E-state index contributed by atoms with van der Waals surface area (Å²) in [6, 6.07) is 2.61. The van der Waals surface area contributed by atoms with Crippen LogP contribution in [0.1, 0.15) is 13.8 Å². The maximum absolute atomic E-state index is 11.4. The van der Waals surface area contributed by atoms with Gasteiger partial charge in [-0.1, -0.05) is 37.0 Å². The summed E-state index contributed by atoms with van der Waals surface area (Å²) < 4.78 is 28.1. The van der Waals surface area contributed by atoms with Crippen molar-refractivity contribution >= 4 is 45.7 Å². The van der Waals surface area contributed by atoms with Crippen LogP contribution < -0.4 is 9.46 Å². The van der Waals surface area contributed by atoms with Crippen molar-refractivity contribution in [1.29, 1.82) is 0 Å². The van der Waals surface area contributed by atoms with Crippen LogP contribution in [-0.2, 0) is 15.7 Å². The van der Waals surface area contributed by atoms with Crippen LogP contribution in [-0.4, -0.2) is 14.4 Å². The lowest BCUT2D eigenvalue weighted by molar-refractivity contribution is -0.137. The van der Waals surface area contributed by atoms with Crippen molar-refractivity contribution in [2.45, 2.75) is 13.8 Å². The number of esters is 1. The van der Waals surface area contributed by atoms with Crippen LogP contribution in [0.15, 0.2) is 12.1 Å². The summed E-state index contributed by atoms with van der Waals surface area (Å²) in [4.78, 5) is 11.4. The van der Waals surface area contributed by atoms with Crippen LogP contribution in [0.4, 0.5) is 5.69 Å². The molecule has 0 amide bonds. The molecule has 0 aromatic heterocycles. The van der Waals surface area contributed by atoms with E-state index in [1.54, 1.807) is 13.8 Å². The van der Waals surface area contributed by atoms with Gasteiger partial charge >= 0.3 is 5.97 Å². The normalized spacial score (nSPS) is 10.8. The quantitative estimate of drug-likeness (QED) is 0.509. The number of nitrogens with one attached hydrogen (secondary N) is 1. The summed E-state index contributed by atoms with van der Waals surface area (Å²) >= 11 is 11.7. The predicted molar refractivity (Wildman–Crippen MR) is 70.9 cm³/mol. The summed E-state index contributed by atoms with van der Waals surface area (Å²) in [6.45, 7) is 3.34. The molecule has 1 aromatic carbocycles. The van der Waals surface area contributed by atoms with Gasteiger partial charge in [-0.05, 0) is 12.1 Å². The molecule has 5 nitrogen and oxygen atoms in total. The maximum atomic E-state index is 11.4. The number of ether oxygens (including phenoxy) is 1. The Morgan fingerprint density at radius 2 is 1.78 bits per heavy atom. The highest BCUT2D eigenvalue weighted by atomic mass is 35.5. The molecule has 0 aliphatic carbocycles. The van der Waals surface area contributed by atoms with Gasteiger partial charge in [0.15, 0.2) is 5.75 Å². The van der Waals surface area contributed by atoms with Crippen molar-refractivity contribution in [3.8, 4) is 5.75 Å². The van der Waals surface area contributed by atoms with Gasteiger partial charge in [0.2, 0.25) is 10.9 Å². The smallest absolute Gasteiger partial charge is 0.313 e. The zero-order valence-electron chi connectivity index (χ0n) is 9.57. The van der Waals surface area contributed by atoms with Crippen molar-refractivity contribution in [2.75, 3.05) is 4.72 Å². The van der Waals surface area contributed by atoms with Crippen LogP contribution in [0, 0.1) is 5.92 Å². The summed E-state index contributed by atoms with van der Waals surface area (Å²) in [7, 11) is -2.81. The van der Waals surface area contributed by atoms with E-state index in [9.17, 15) is 13.2 Å². The zero-order valence-corrected chi connectivity index (χ0v) is 12.0. The van der Waals surface area contributed by atoms with Crippen LogP contribution in [0.5, 0.6) is 5.75 Å². The van der Waals surface area contributed by atoms with Gasteiger partial charge in [-0.15, -0.1) is 0 Å². The Morgan fingerprint density at radius 1 is 1.28 bits per heavy atom. The molecule has 0 radical (unpaired) electrons. The summed E-state index contributed by atoms with van der Waals surface area (Å²) in [5.41, 5.74) is 0.199. The summed E-state index contributed by atoms with van der Waals surface area (Å²) in [5.74, 6) is -0.788. The first kappa shape index (κ1) is 15.1. The minimum Gasteiger partial charge on any atom is -0.423 e. The van der Waals surface area contributed by atoms with E-state index in [-0.39, 0.29) is 27.4 Å². The number of anilines is 1. The van der Waals surface area contributed by atoms with Gasteiger partial charge in [0.1, 0.15) is 0 Å². The SMILES string of the molecule is CC(C)C(=O)Oc1c(Cl)cc(N[SH](=O)=O)cc1Cl. The molecule has 0 bridgehead atoms. The van der Waals surface area contributed by atoms with Crippen molar-refractivity contribution in [3.63, 3.8) is 0 Å². The number of carbonyl (C=O) groups excluding carboxylic acids is 1. The van der Waals surface area contributed by atoms with E-state index in [2.05, 4.69) is 4.72 Å². The van der Waals surface area contributed by atoms with Crippen molar-refractivity contribution in [2.24, 2.45) is 5.92 Å². The average molecular weight is 312 g/mol. The molecule has 0 unspecified atom stereocenters.